The lowest BCUT2D eigenvalue weighted by atomic mass is 9.96. The van der Waals surface area contributed by atoms with Crippen molar-refractivity contribution < 1.29 is 0 Å². The van der Waals surface area contributed by atoms with Crippen LogP contribution in [0.15, 0.2) is 89.4 Å². The van der Waals surface area contributed by atoms with Gasteiger partial charge in [0.2, 0.25) is 0 Å². The van der Waals surface area contributed by atoms with Crippen LogP contribution in [0.2, 0.25) is 0 Å². The maximum atomic E-state index is 3.72. The van der Waals surface area contributed by atoms with Gasteiger partial charge in [0.1, 0.15) is 0 Å². The highest BCUT2D eigenvalue weighted by Crippen LogP contribution is 2.50. The van der Waals surface area contributed by atoms with E-state index in [0.717, 1.165) is 4.47 Å². The molecule has 0 bridgehead atoms. The average Bonchev–Trinajstić information content (AvgIpc) is 3.38. The molecule has 2 unspecified atom stereocenters. The minimum absolute atomic E-state index is 0.269. The Morgan fingerprint density at radius 3 is 2.48 bits per heavy atom. The van der Waals surface area contributed by atoms with Crippen LogP contribution in [0.25, 0.3) is 22.4 Å². The van der Waals surface area contributed by atoms with E-state index in [2.05, 4.69) is 116 Å². The zero-order valence-corrected chi connectivity index (χ0v) is 17.2. The first-order valence-electron chi connectivity index (χ1n) is 9.99. The summed E-state index contributed by atoms with van der Waals surface area (Å²) in [6.45, 7) is 0. The van der Waals surface area contributed by atoms with Crippen molar-refractivity contribution in [1.82, 2.24) is 4.57 Å². The molecule has 0 spiro atoms. The predicted octanol–water partition coefficient (Wildman–Crippen LogP) is 5.03. The Kier molecular flexibility index (Phi) is 3.01. The summed E-state index contributed by atoms with van der Waals surface area (Å²) in [5.74, 6) is 0. The largest absolute Gasteiger partial charge is 0.331 e. The van der Waals surface area contributed by atoms with Crippen molar-refractivity contribution >= 4 is 49.7 Å². The number of anilines is 2. The lowest BCUT2D eigenvalue weighted by Gasteiger charge is -2.31. The van der Waals surface area contributed by atoms with Gasteiger partial charge in [-0.3, -0.25) is 0 Å². The maximum absolute atomic E-state index is 3.72. The van der Waals surface area contributed by atoms with Gasteiger partial charge in [0.15, 0.2) is 0 Å². The van der Waals surface area contributed by atoms with E-state index in [1.807, 2.05) is 0 Å². The van der Waals surface area contributed by atoms with E-state index in [0.29, 0.717) is 6.04 Å². The molecule has 29 heavy (non-hydrogen) atoms. The van der Waals surface area contributed by atoms with Crippen molar-refractivity contribution in [1.29, 1.82) is 0 Å². The van der Waals surface area contributed by atoms with Gasteiger partial charge in [-0.2, -0.15) is 0 Å². The summed E-state index contributed by atoms with van der Waals surface area (Å²) >= 11 is 3.72. The predicted molar refractivity (Wildman–Crippen MR) is 123 cm³/mol. The van der Waals surface area contributed by atoms with Crippen LogP contribution in [-0.2, 0) is 0 Å². The van der Waals surface area contributed by atoms with Crippen molar-refractivity contribution in [2.75, 3.05) is 4.90 Å². The second-order valence-electron chi connectivity index (χ2n) is 7.92. The van der Waals surface area contributed by atoms with Gasteiger partial charge in [-0.1, -0.05) is 70.5 Å². The number of nitrogens with zero attached hydrogens (tertiary/aromatic N) is 2. The Morgan fingerprint density at radius 1 is 0.828 bits per heavy atom. The molecule has 0 radical (unpaired) electrons. The first kappa shape index (κ1) is 15.8. The van der Waals surface area contributed by atoms with E-state index >= 15 is 0 Å². The Balaban J connectivity index is 1.67. The number of aromatic nitrogens is 1. The molecule has 1 aromatic heterocycles. The molecule has 2 atom stereocenters. The summed E-state index contributed by atoms with van der Waals surface area (Å²) in [7, 11) is 0. The van der Waals surface area contributed by atoms with E-state index < -0.39 is 0 Å². The Labute approximate surface area is 176 Å². The van der Waals surface area contributed by atoms with Gasteiger partial charge < -0.3 is 9.47 Å². The summed E-state index contributed by atoms with van der Waals surface area (Å²) in [5.41, 5.74) is 5.32. The van der Waals surface area contributed by atoms with Gasteiger partial charge in [0, 0.05) is 43.1 Å². The third-order valence-corrected chi connectivity index (χ3v) is 7.01. The molecule has 3 aromatic carbocycles. The van der Waals surface area contributed by atoms with Gasteiger partial charge in [0.05, 0.1) is 17.4 Å². The van der Waals surface area contributed by atoms with Crippen molar-refractivity contribution in [2.24, 2.45) is 0 Å². The van der Waals surface area contributed by atoms with Gasteiger partial charge in [0.25, 0.3) is 0 Å². The Morgan fingerprint density at radius 2 is 1.62 bits per heavy atom. The highest BCUT2D eigenvalue weighted by molar-refractivity contribution is 9.10. The van der Waals surface area contributed by atoms with Crippen molar-refractivity contribution in [3.05, 3.63) is 106 Å². The molecule has 0 aliphatic carbocycles. The number of hydrogen-bond donors (Lipinski definition) is 0. The minimum Gasteiger partial charge on any atom is -0.331 e. The van der Waals surface area contributed by atoms with Crippen LogP contribution in [0.4, 0.5) is 11.4 Å². The number of fused-ring (bicyclic) bond motifs is 7. The number of para-hydroxylation sites is 1. The van der Waals surface area contributed by atoms with Crippen LogP contribution in [-0.4, -0.2) is 10.6 Å². The normalized spacial score (nSPS) is 20.6. The van der Waals surface area contributed by atoms with E-state index in [1.165, 1.54) is 44.0 Å². The fourth-order valence-corrected chi connectivity index (χ4v) is 5.85. The lowest BCUT2D eigenvalue weighted by molar-refractivity contribution is 0.564. The van der Waals surface area contributed by atoms with E-state index in [-0.39, 0.29) is 6.04 Å². The second-order valence-corrected chi connectivity index (χ2v) is 8.83. The molecule has 0 fully saturated rings. The zero-order chi connectivity index (χ0) is 19.1. The number of hydrogen-bond acceptors (Lipinski definition) is 1. The number of benzene rings is 3. The SMILES string of the molecule is Brc1ccc2c(c1)C1=c3c4ccccc4c4n3C(C=CC=4)C1N2c1ccccc1. The van der Waals surface area contributed by atoms with Gasteiger partial charge in [-0.25, -0.2) is 0 Å². The first-order valence-corrected chi connectivity index (χ1v) is 10.8. The molecule has 0 saturated carbocycles. The second kappa shape index (κ2) is 5.52. The molecular weight excluding hydrogens is 420 g/mol. The monoisotopic (exact) mass is 436 g/mol. The number of allylic oxidation sites excluding steroid dienone is 1. The number of rotatable bonds is 1. The average molecular weight is 437 g/mol. The van der Waals surface area contributed by atoms with Crippen molar-refractivity contribution in [2.45, 2.75) is 12.1 Å². The summed E-state index contributed by atoms with van der Waals surface area (Å²) < 4.78 is 3.69. The third-order valence-electron chi connectivity index (χ3n) is 6.51. The van der Waals surface area contributed by atoms with Crippen molar-refractivity contribution in [3.8, 4) is 0 Å². The first-order chi connectivity index (χ1) is 14.3. The van der Waals surface area contributed by atoms with Crippen LogP contribution in [0, 0.1) is 0 Å². The summed E-state index contributed by atoms with van der Waals surface area (Å²) in [5, 5.41) is 5.40. The van der Waals surface area contributed by atoms with Crippen LogP contribution >= 0.6 is 15.9 Å². The van der Waals surface area contributed by atoms with Gasteiger partial charge in [-0.15, -0.1) is 0 Å². The fourth-order valence-electron chi connectivity index (χ4n) is 5.49. The zero-order valence-electron chi connectivity index (χ0n) is 15.6. The molecule has 138 valence electrons. The molecular formula is C26H17BrN2. The summed E-state index contributed by atoms with van der Waals surface area (Å²) in [6.07, 6.45) is 6.86. The summed E-state index contributed by atoms with van der Waals surface area (Å²) in [6, 6.07) is 26.9. The molecule has 7 rings (SSSR count). The fraction of sp³-hybridized carbons (Fsp3) is 0.0769. The Bertz CT molecular complexity index is 1480. The third kappa shape index (κ3) is 1.91. The summed E-state index contributed by atoms with van der Waals surface area (Å²) in [4.78, 5) is 2.53. The standard InChI is InChI=1S/C26H17BrN2/c27-16-13-14-22-20(15-16)24-25-19-10-5-4-9-18(19)21-11-6-12-23(29(21)25)26(24)28(22)17-7-2-1-3-8-17/h1-15,23,26H. The highest BCUT2D eigenvalue weighted by atomic mass is 79.9. The van der Waals surface area contributed by atoms with Gasteiger partial charge >= 0.3 is 0 Å². The van der Waals surface area contributed by atoms with Crippen LogP contribution in [0.1, 0.15) is 11.6 Å². The highest BCUT2D eigenvalue weighted by Gasteiger charge is 2.45. The number of halogens is 1. The molecule has 3 aliphatic rings. The minimum atomic E-state index is 0.269. The van der Waals surface area contributed by atoms with Crippen LogP contribution in [0.3, 0.4) is 0 Å². The molecule has 4 heterocycles. The molecule has 0 amide bonds. The van der Waals surface area contributed by atoms with E-state index in [9.17, 15) is 0 Å². The lowest BCUT2D eigenvalue weighted by Crippen LogP contribution is -2.36. The van der Waals surface area contributed by atoms with E-state index in [1.54, 1.807) is 0 Å². The quantitative estimate of drug-likeness (QED) is 0.406. The molecule has 0 N–H and O–H groups in total. The Hall–Kier alpha value is -3.04. The van der Waals surface area contributed by atoms with Gasteiger partial charge in [-0.05, 0) is 36.4 Å². The molecule has 4 aromatic rings. The molecule has 3 heteroatoms. The molecule has 0 saturated heterocycles. The van der Waals surface area contributed by atoms with Crippen LogP contribution in [0.5, 0.6) is 0 Å². The maximum Gasteiger partial charge on any atom is 0.0862 e. The van der Waals surface area contributed by atoms with Crippen LogP contribution < -0.4 is 15.6 Å². The van der Waals surface area contributed by atoms with Crippen molar-refractivity contribution in [3.63, 3.8) is 0 Å². The molecule has 3 aliphatic heterocycles. The van der Waals surface area contributed by atoms with E-state index in [4.69, 9.17) is 0 Å². The smallest absolute Gasteiger partial charge is 0.0862 e. The topological polar surface area (TPSA) is 8.17 Å². The molecule has 2 nitrogen and oxygen atoms in total.